The Labute approximate surface area is 134 Å². The number of halogens is 1. The van der Waals surface area contributed by atoms with Gasteiger partial charge >= 0.3 is 0 Å². The number of nitrogens with zero attached hydrogens (tertiary/aromatic N) is 2. The second-order valence-electron chi connectivity index (χ2n) is 4.57. The fraction of sp³-hybridized carbons (Fsp3) is 0.429. The van der Waals surface area contributed by atoms with Gasteiger partial charge in [-0.25, -0.2) is 4.68 Å². The van der Waals surface area contributed by atoms with Crippen LogP contribution >= 0.6 is 23.8 Å². The van der Waals surface area contributed by atoms with E-state index in [0.29, 0.717) is 22.9 Å². The summed E-state index contributed by atoms with van der Waals surface area (Å²) in [5, 5.41) is 7.63. The molecule has 0 spiro atoms. The van der Waals surface area contributed by atoms with Gasteiger partial charge in [0.1, 0.15) is 5.75 Å². The molecule has 2 aromatic rings. The number of nitrogens with one attached hydrogen (secondary N) is 2. The summed E-state index contributed by atoms with van der Waals surface area (Å²) in [6.07, 6.45) is 1.75. The van der Waals surface area contributed by atoms with Crippen molar-refractivity contribution >= 4 is 23.8 Å². The molecule has 0 radical (unpaired) electrons. The fourth-order valence-corrected chi connectivity index (χ4v) is 2.34. The Kier molecular flexibility index (Phi) is 5.64. The number of H-pyrrole nitrogens is 1. The zero-order valence-electron chi connectivity index (χ0n) is 12.1. The molecule has 21 heavy (non-hydrogen) atoms. The minimum Gasteiger partial charge on any atom is -0.493 e. The first-order valence-corrected chi connectivity index (χ1v) is 7.75. The van der Waals surface area contributed by atoms with Crippen molar-refractivity contribution in [1.82, 2.24) is 14.9 Å². The molecule has 1 aromatic heterocycles. The van der Waals surface area contributed by atoms with Crippen LogP contribution in [0.15, 0.2) is 18.2 Å². The molecule has 0 aliphatic carbocycles. The molecule has 2 rings (SSSR count). The maximum absolute atomic E-state index is 6.07. The van der Waals surface area contributed by atoms with Gasteiger partial charge in [0.25, 0.3) is 0 Å². The zero-order valence-corrected chi connectivity index (χ0v) is 13.7. The smallest absolute Gasteiger partial charge is 0.214 e. The largest absolute Gasteiger partial charge is 0.493 e. The van der Waals surface area contributed by atoms with Crippen molar-refractivity contribution in [3.63, 3.8) is 0 Å². The van der Waals surface area contributed by atoms with Gasteiger partial charge in [0, 0.05) is 17.0 Å². The van der Waals surface area contributed by atoms with Crippen molar-refractivity contribution < 1.29 is 4.74 Å². The topological polar surface area (TPSA) is 54.9 Å². The minimum absolute atomic E-state index is 0.546. The molecule has 114 valence electrons. The van der Waals surface area contributed by atoms with E-state index < -0.39 is 0 Å². The third kappa shape index (κ3) is 3.98. The normalized spacial score (nSPS) is 10.6. The highest BCUT2D eigenvalue weighted by molar-refractivity contribution is 7.71. The molecule has 2 N–H and O–H groups in total. The van der Waals surface area contributed by atoms with E-state index in [2.05, 4.69) is 22.5 Å². The van der Waals surface area contributed by atoms with Crippen LogP contribution in [0, 0.1) is 4.77 Å². The Balaban J connectivity index is 2.16. The van der Waals surface area contributed by atoms with E-state index in [1.165, 1.54) is 0 Å². The summed E-state index contributed by atoms with van der Waals surface area (Å²) in [6, 6.07) is 5.62. The molecule has 0 aliphatic heterocycles. The molecule has 0 unspecified atom stereocenters. The lowest BCUT2D eigenvalue weighted by atomic mass is 10.2. The summed E-state index contributed by atoms with van der Waals surface area (Å²) in [6.45, 7) is 5.34. The Morgan fingerprint density at radius 3 is 2.95 bits per heavy atom. The Morgan fingerprint density at radius 2 is 2.24 bits per heavy atom. The molecule has 0 saturated heterocycles. The summed E-state index contributed by atoms with van der Waals surface area (Å²) >= 11 is 11.3. The van der Waals surface area contributed by atoms with Gasteiger partial charge in [-0.2, -0.15) is 5.10 Å². The maximum atomic E-state index is 6.07. The van der Waals surface area contributed by atoms with Crippen molar-refractivity contribution in [1.29, 1.82) is 0 Å². The summed E-state index contributed by atoms with van der Waals surface area (Å²) < 4.78 is 8.06. The first-order chi connectivity index (χ1) is 10.2. The van der Waals surface area contributed by atoms with Crippen LogP contribution in [0.25, 0.3) is 0 Å². The molecular weight excluding hydrogens is 308 g/mol. The first kappa shape index (κ1) is 15.9. The SMILES string of the molecule is CCCOc1ccc(Cl)cc1CNn1c(CC)n[nH]c1=S. The second kappa shape index (κ2) is 7.47. The second-order valence-corrected chi connectivity index (χ2v) is 5.39. The number of benzene rings is 1. The predicted octanol–water partition coefficient (Wildman–Crippen LogP) is 3.69. The molecule has 0 fully saturated rings. The average molecular weight is 327 g/mol. The van der Waals surface area contributed by atoms with Crippen LogP contribution in [0.3, 0.4) is 0 Å². The summed E-state index contributed by atoms with van der Waals surface area (Å²) in [7, 11) is 0. The number of aromatic nitrogens is 3. The van der Waals surface area contributed by atoms with E-state index in [9.17, 15) is 0 Å². The van der Waals surface area contributed by atoms with Gasteiger partial charge in [-0.05, 0) is 36.8 Å². The van der Waals surface area contributed by atoms with Crippen LogP contribution in [0.5, 0.6) is 5.75 Å². The Hall–Kier alpha value is -1.53. The van der Waals surface area contributed by atoms with Crippen LogP contribution in [0.4, 0.5) is 0 Å². The lowest BCUT2D eigenvalue weighted by Crippen LogP contribution is -2.18. The average Bonchev–Trinajstić information content (AvgIpc) is 2.84. The third-order valence-corrected chi connectivity index (χ3v) is 3.48. The number of aromatic amines is 1. The summed E-state index contributed by atoms with van der Waals surface area (Å²) in [5.41, 5.74) is 4.24. The predicted molar refractivity (Wildman–Crippen MR) is 87.1 cm³/mol. The quantitative estimate of drug-likeness (QED) is 0.762. The van der Waals surface area contributed by atoms with Crippen LogP contribution in [-0.4, -0.2) is 21.5 Å². The molecule has 0 atom stereocenters. The van der Waals surface area contributed by atoms with Crippen LogP contribution < -0.4 is 10.2 Å². The molecule has 0 bridgehead atoms. The molecular formula is C14H19ClN4OS. The molecule has 0 aliphatic rings. The van der Waals surface area contributed by atoms with E-state index in [4.69, 9.17) is 28.6 Å². The molecule has 5 nitrogen and oxygen atoms in total. The van der Waals surface area contributed by atoms with E-state index >= 15 is 0 Å². The number of hydrogen-bond donors (Lipinski definition) is 2. The summed E-state index contributed by atoms with van der Waals surface area (Å²) in [5.74, 6) is 1.69. The summed E-state index contributed by atoms with van der Waals surface area (Å²) in [4.78, 5) is 0. The van der Waals surface area contributed by atoms with E-state index in [1.807, 2.05) is 25.1 Å². The van der Waals surface area contributed by atoms with Gasteiger partial charge in [0.05, 0.1) is 13.2 Å². The van der Waals surface area contributed by atoms with Gasteiger partial charge in [0.15, 0.2) is 5.82 Å². The molecule has 0 amide bonds. The minimum atomic E-state index is 0.546. The highest BCUT2D eigenvalue weighted by atomic mass is 35.5. The van der Waals surface area contributed by atoms with Crippen molar-refractivity contribution in [3.05, 3.63) is 39.4 Å². The van der Waals surface area contributed by atoms with E-state index in [1.54, 1.807) is 4.68 Å². The van der Waals surface area contributed by atoms with Crippen molar-refractivity contribution in [2.75, 3.05) is 12.0 Å². The number of ether oxygens (including phenoxy) is 1. The van der Waals surface area contributed by atoms with Crippen molar-refractivity contribution in [2.24, 2.45) is 0 Å². The highest BCUT2D eigenvalue weighted by Crippen LogP contribution is 2.23. The monoisotopic (exact) mass is 326 g/mol. The van der Waals surface area contributed by atoms with Crippen molar-refractivity contribution in [3.8, 4) is 5.75 Å². The first-order valence-electron chi connectivity index (χ1n) is 6.97. The van der Waals surface area contributed by atoms with Crippen molar-refractivity contribution in [2.45, 2.75) is 33.2 Å². The third-order valence-electron chi connectivity index (χ3n) is 2.97. The maximum Gasteiger partial charge on any atom is 0.214 e. The van der Waals surface area contributed by atoms with Gasteiger partial charge in [-0.3, -0.25) is 5.10 Å². The van der Waals surface area contributed by atoms with Crippen LogP contribution in [0.2, 0.25) is 5.02 Å². The Bertz CT molecular complexity index is 653. The molecule has 1 aromatic carbocycles. The van der Waals surface area contributed by atoms with Crippen LogP contribution in [-0.2, 0) is 13.0 Å². The van der Waals surface area contributed by atoms with E-state index in [-0.39, 0.29) is 0 Å². The van der Waals surface area contributed by atoms with Gasteiger partial charge in [-0.15, -0.1) is 0 Å². The molecule has 0 saturated carbocycles. The standard InChI is InChI=1S/C14H19ClN4OS/c1-3-7-20-12-6-5-11(15)8-10(12)9-16-19-13(4-2)17-18-14(19)21/h5-6,8,16H,3-4,7,9H2,1-2H3,(H,18,21). The van der Waals surface area contributed by atoms with Crippen LogP contribution in [0.1, 0.15) is 31.7 Å². The van der Waals surface area contributed by atoms with Gasteiger partial charge in [0.2, 0.25) is 4.77 Å². The van der Waals surface area contributed by atoms with Gasteiger partial charge < -0.3 is 10.2 Å². The van der Waals surface area contributed by atoms with E-state index in [0.717, 1.165) is 30.0 Å². The number of aryl methyl sites for hydroxylation is 1. The highest BCUT2D eigenvalue weighted by Gasteiger charge is 2.07. The Morgan fingerprint density at radius 1 is 1.43 bits per heavy atom. The number of hydrogen-bond acceptors (Lipinski definition) is 4. The fourth-order valence-electron chi connectivity index (χ4n) is 1.93. The lowest BCUT2D eigenvalue weighted by Gasteiger charge is -2.14. The molecule has 1 heterocycles. The lowest BCUT2D eigenvalue weighted by molar-refractivity contribution is 0.314. The number of rotatable bonds is 7. The van der Waals surface area contributed by atoms with Gasteiger partial charge in [-0.1, -0.05) is 25.4 Å². The molecule has 7 heteroatoms. The zero-order chi connectivity index (χ0) is 15.2.